The van der Waals surface area contributed by atoms with Gasteiger partial charge in [-0.05, 0) is 13.5 Å². The lowest BCUT2D eigenvalue weighted by Crippen LogP contribution is -2.44. The molecule has 52 valence electrons. The summed E-state index contributed by atoms with van der Waals surface area (Å²) in [6.07, 6.45) is 1.22. The van der Waals surface area contributed by atoms with Crippen molar-refractivity contribution in [2.24, 2.45) is 0 Å². The molecule has 0 aromatic rings. The molecule has 0 spiro atoms. The van der Waals surface area contributed by atoms with Crippen LogP contribution in [0.25, 0.3) is 0 Å². The second-order valence-corrected chi connectivity index (χ2v) is 2.74. The van der Waals surface area contributed by atoms with Crippen molar-refractivity contribution in [3.05, 3.63) is 0 Å². The first-order chi connectivity index (χ1) is 4.33. The summed E-state index contributed by atoms with van der Waals surface area (Å²) in [6, 6.07) is 0. The molecule has 1 rings (SSSR count). The van der Waals surface area contributed by atoms with Crippen molar-refractivity contribution < 1.29 is 0 Å². The van der Waals surface area contributed by atoms with Crippen molar-refractivity contribution in [3.63, 3.8) is 0 Å². The summed E-state index contributed by atoms with van der Waals surface area (Å²) in [4.78, 5) is 4.87. The Kier molecular flexibility index (Phi) is 2.55. The van der Waals surface area contributed by atoms with Gasteiger partial charge in [-0.2, -0.15) is 0 Å². The third-order valence-electron chi connectivity index (χ3n) is 2.04. The number of rotatable bonds is 1. The van der Waals surface area contributed by atoms with Crippen molar-refractivity contribution in [1.29, 1.82) is 0 Å². The van der Waals surface area contributed by atoms with Crippen LogP contribution in [0.15, 0.2) is 0 Å². The first-order valence-corrected chi connectivity index (χ1v) is 3.74. The second kappa shape index (κ2) is 3.23. The van der Waals surface area contributed by atoms with E-state index in [1.54, 1.807) is 0 Å². The monoisotopic (exact) mass is 126 g/mol. The Morgan fingerprint density at radius 2 is 1.78 bits per heavy atom. The molecule has 1 aliphatic heterocycles. The molecule has 0 atom stereocenters. The van der Waals surface area contributed by atoms with Crippen molar-refractivity contribution in [2.45, 2.75) is 0 Å². The number of likely N-dealkylation sites (N-methyl/N-ethyl adjacent to an activating group) is 1. The minimum absolute atomic E-state index is 1.22. The second-order valence-electron chi connectivity index (χ2n) is 2.74. The van der Waals surface area contributed by atoms with E-state index in [9.17, 15) is 0 Å². The Bertz CT molecular complexity index is 79.1. The van der Waals surface area contributed by atoms with Gasteiger partial charge in [-0.15, -0.1) is 0 Å². The number of hydrogen-bond acceptors (Lipinski definition) is 2. The summed E-state index contributed by atoms with van der Waals surface area (Å²) in [5.41, 5.74) is 0. The molecular formula is C6H15BN2. The van der Waals surface area contributed by atoms with E-state index in [1.165, 1.54) is 32.6 Å². The highest BCUT2D eigenvalue weighted by Crippen LogP contribution is 1.95. The summed E-state index contributed by atoms with van der Waals surface area (Å²) in [5, 5.41) is 0. The maximum Gasteiger partial charge on any atom is 0.119 e. The minimum Gasteiger partial charge on any atom is -0.309 e. The van der Waals surface area contributed by atoms with Crippen LogP contribution in [0.5, 0.6) is 0 Å². The fourth-order valence-electron chi connectivity index (χ4n) is 1.16. The van der Waals surface area contributed by atoms with Gasteiger partial charge in [0.15, 0.2) is 0 Å². The van der Waals surface area contributed by atoms with Crippen molar-refractivity contribution in [3.8, 4) is 0 Å². The summed E-state index contributed by atoms with van der Waals surface area (Å²) < 4.78 is 0. The average molecular weight is 126 g/mol. The SMILES string of the molecule is BCN1CCN(C)CC1. The Labute approximate surface area is 58.2 Å². The zero-order chi connectivity index (χ0) is 6.69. The first kappa shape index (κ1) is 7.10. The quantitative estimate of drug-likeness (QED) is 0.408. The van der Waals surface area contributed by atoms with E-state index in [0.717, 1.165) is 0 Å². The lowest BCUT2D eigenvalue weighted by Gasteiger charge is -2.31. The molecule has 0 aliphatic carbocycles. The van der Waals surface area contributed by atoms with Crippen LogP contribution < -0.4 is 0 Å². The molecule has 1 heterocycles. The summed E-state index contributed by atoms with van der Waals surface area (Å²) >= 11 is 0. The van der Waals surface area contributed by atoms with E-state index in [-0.39, 0.29) is 0 Å². The molecule has 9 heavy (non-hydrogen) atoms. The summed E-state index contributed by atoms with van der Waals surface area (Å²) in [7, 11) is 4.42. The van der Waals surface area contributed by atoms with Gasteiger partial charge in [0, 0.05) is 26.2 Å². The van der Waals surface area contributed by atoms with Gasteiger partial charge in [0.1, 0.15) is 7.85 Å². The number of hydrogen-bond donors (Lipinski definition) is 0. The summed E-state index contributed by atoms with van der Waals surface area (Å²) in [5.74, 6) is 0. The third-order valence-corrected chi connectivity index (χ3v) is 2.04. The molecule has 0 amide bonds. The van der Waals surface area contributed by atoms with Crippen LogP contribution in [0.3, 0.4) is 0 Å². The van der Waals surface area contributed by atoms with E-state index in [0.29, 0.717) is 0 Å². The topological polar surface area (TPSA) is 6.48 Å². The van der Waals surface area contributed by atoms with Crippen LogP contribution in [0.1, 0.15) is 0 Å². The maximum absolute atomic E-state index is 2.49. The van der Waals surface area contributed by atoms with Crippen molar-refractivity contribution >= 4 is 7.85 Å². The summed E-state index contributed by atoms with van der Waals surface area (Å²) in [6.45, 7) is 5.00. The van der Waals surface area contributed by atoms with E-state index >= 15 is 0 Å². The van der Waals surface area contributed by atoms with Crippen molar-refractivity contribution in [1.82, 2.24) is 9.80 Å². The van der Waals surface area contributed by atoms with Gasteiger partial charge in [0.25, 0.3) is 0 Å². The molecule has 0 unspecified atom stereocenters. The van der Waals surface area contributed by atoms with Crippen LogP contribution >= 0.6 is 0 Å². The molecule has 1 aliphatic rings. The van der Waals surface area contributed by atoms with E-state index in [1.807, 2.05) is 0 Å². The molecular weight excluding hydrogens is 111 g/mol. The van der Waals surface area contributed by atoms with Crippen LogP contribution in [0.2, 0.25) is 0 Å². The minimum atomic E-state index is 1.22. The van der Waals surface area contributed by atoms with Gasteiger partial charge in [0.2, 0.25) is 0 Å². The molecule has 0 aromatic carbocycles. The molecule has 0 aromatic heterocycles. The van der Waals surface area contributed by atoms with Gasteiger partial charge in [-0.1, -0.05) is 0 Å². The van der Waals surface area contributed by atoms with Gasteiger partial charge in [-0.3, -0.25) is 0 Å². The van der Waals surface area contributed by atoms with E-state index < -0.39 is 0 Å². The standard InChI is InChI=1S/C6H15BN2/c1-8-2-4-9(6-7)5-3-8/h2-7H2,1H3. The zero-order valence-electron chi connectivity index (χ0n) is 6.43. The fraction of sp³-hybridized carbons (Fsp3) is 1.00. The largest absolute Gasteiger partial charge is 0.309 e. The van der Waals surface area contributed by atoms with Crippen molar-refractivity contribution in [2.75, 3.05) is 39.7 Å². The Hall–Kier alpha value is -0.0151. The molecule has 0 bridgehead atoms. The highest BCUT2D eigenvalue weighted by molar-refractivity contribution is 6.08. The molecule has 3 heteroatoms. The highest BCUT2D eigenvalue weighted by Gasteiger charge is 2.10. The molecule has 0 N–H and O–H groups in total. The lowest BCUT2D eigenvalue weighted by molar-refractivity contribution is 0.173. The van der Waals surface area contributed by atoms with E-state index in [2.05, 4.69) is 24.7 Å². The average Bonchev–Trinajstić information content (AvgIpc) is 1.90. The van der Waals surface area contributed by atoms with Gasteiger partial charge < -0.3 is 9.80 Å². The van der Waals surface area contributed by atoms with Gasteiger partial charge in [0.05, 0.1) is 0 Å². The molecule has 0 radical (unpaired) electrons. The molecule has 1 saturated heterocycles. The smallest absolute Gasteiger partial charge is 0.119 e. The van der Waals surface area contributed by atoms with Crippen LogP contribution in [-0.2, 0) is 0 Å². The predicted molar refractivity (Wildman–Crippen MR) is 42.5 cm³/mol. The van der Waals surface area contributed by atoms with Crippen LogP contribution in [-0.4, -0.2) is 57.3 Å². The van der Waals surface area contributed by atoms with E-state index in [4.69, 9.17) is 0 Å². The first-order valence-electron chi connectivity index (χ1n) is 3.74. The van der Waals surface area contributed by atoms with Gasteiger partial charge >= 0.3 is 0 Å². The fourth-order valence-corrected chi connectivity index (χ4v) is 1.16. The lowest BCUT2D eigenvalue weighted by atomic mass is 10.1. The Balaban J connectivity index is 2.18. The Morgan fingerprint density at radius 1 is 1.22 bits per heavy atom. The third kappa shape index (κ3) is 1.99. The zero-order valence-corrected chi connectivity index (χ0v) is 6.43. The maximum atomic E-state index is 2.49. The normalized spacial score (nSPS) is 24.6. The van der Waals surface area contributed by atoms with Gasteiger partial charge in [-0.25, -0.2) is 0 Å². The highest BCUT2D eigenvalue weighted by atomic mass is 15.2. The number of piperazine rings is 1. The molecule has 2 nitrogen and oxygen atoms in total. The predicted octanol–water partition coefficient (Wildman–Crippen LogP) is -1.18. The molecule has 0 saturated carbocycles. The van der Waals surface area contributed by atoms with Crippen LogP contribution in [0, 0.1) is 0 Å². The Morgan fingerprint density at radius 3 is 2.22 bits per heavy atom. The molecule has 1 fully saturated rings. The van der Waals surface area contributed by atoms with Crippen LogP contribution in [0.4, 0.5) is 0 Å². The number of nitrogens with zero attached hydrogens (tertiary/aromatic N) is 2.